The molecule has 4 aromatic rings. The summed E-state index contributed by atoms with van der Waals surface area (Å²) in [6, 6.07) is 26.0. The molecule has 5 nitrogen and oxygen atoms in total. The smallest absolute Gasteiger partial charge is 0.265 e. The normalized spacial score (nSPS) is 12.8. The first-order valence-electron chi connectivity index (χ1n) is 11.0. The minimum atomic E-state index is -0.0394. The summed E-state index contributed by atoms with van der Waals surface area (Å²) in [5.74, 6) is 1.52. The standard InChI is InChI=1S/C27H24N2O3S/c30-27-18-32-25-13-12-21(23-19-33-26(28-23)16-20-8-3-1-4-9-20)17-24(25)29(27)14-7-15-31-22-10-5-2-6-11-22/h1-6,8-13,17,19H,7,14-16,18H2. The van der Waals surface area contributed by atoms with Crippen LogP contribution in [0.25, 0.3) is 11.3 Å². The lowest BCUT2D eigenvalue weighted by molar-refractivity contribution is -0.121. The van der Waals surface area contributed by atoms with Gasteiger partial charge in [0.15, 0.2) is 6.61 Å². The van der Waals surface area contributed by atoms with Crippen LogP contribution in [0.15, 0.2) is 84.2 Å². The molecule has 2 heterocycles. The zero-order valence-electron chi connectivity index (χ0n) is 18.1. The van der Waals surface area contributed by atoms with Gasteiger partial charge in [-0.2, -0.15) is 0 Å². The molecule has 0 spiro atoms. The van der Waals surface area contributed by atoms with Gasteiger partial charge in [0.25, 0.3) is 5.91 Å². The van der Waals surface area contributed by atoms with Crippen molar-refractivity contribution < 1.29 is 14.3 Å². The Bertz CT molecular complexity index is 1220. The molecule has 166 valence electrons. The predicted molar refractivity (Wildman–Crippen MR) is 131 cm³/mol. The van der Waals surface area contributed by atoms with Crippen molar-refractivity contribution in [3.05, 3.63) is 94.8 Å². The Balaban J connectivity index is 1.29. The summed E-state index contributed by atoms with van der Waals surface area (Å²) in [5, 5.41) is 3.14. The molecule has 0 N–H and O–H groups in total. The second-order valence-corrected chi connectivity index (χ2v) is 8.76. The van der Waals surface area contributed by atoms with Crippen LogP contribution in [0, 0.1) is 0 Å². The summed E-state index contributed by atoms with van der Waals surface area (Å²) in [7, 11) is 0. The van der Waals surface area contributed by atoms with Crippen LogP contribution < -0.4 is 14.4 Å². The maximum Gasteiger partial charge on any atom is 0.265 e. The maximum atomic E-state index is 12.6. The molecular weight excluding hydrogens is 432 g/mol. The Labute approximate surface area is 197 Å². The monoisotopic (exact) mass is 456 g/mol. The topological polar surface area (TPSA) is 51.7 Å². The lowest BCUT2D eigenvalue weighted by Gasteiger charge is -2.29. The van der Waals surface area contributed by atoms with E-state index in [1.807, 2.05) is 66.7 Å². The van der Waals surface area contributed by atoms with Crippen LogP contribution in [0.3, 0.4) is 0 Å². The van der Waals surface area contributed by atoms with Gasteiger partial charge in [-0.3, -0.25) is 4.79 Å². The quantitative estimate of drug-likeness (QED) is 0.324. The number of para-hydroxylation sites is 1. The van der Waals surface area contributed by atoms with Gasteiger partial charge in [-0.25, -0.2) is 4.98 Å². The second-order valence-electron chi connectivity index (χ2n) is 7.82. The highest BCUT2D eigenvalue weighted by atomic mass is 32.1. The summed E-state index contributed by atoms with van der Waals surface area (Å²) in [6.07, 6.45) is 1.54. The molecule has 1 amide bonds. The minimum absolute atomic E-state index is 0.0394. The number of amides is 1. The van der Waals surface area contributed by atoms with Gasteiger partial charge in [0.05, 0.1) is 23.0 Å². The molecule has 0 atom stereocenters. The first-order chi connectivity index (χ1) is 16.3. The summed E-state index contributed by atoms with van der Waals surface area (Å²) < 4.78 is 11.5. The fourth-order valence-electron chi connectivity index (χ4n) is 3.83. The van der Waals surface area contributed by atoms with Crippen LogP contribution in [0.1, 0.15) is 17.0 Å². The van der Waals surface area contributed by atoms with Gasteiger partial charge in [0.1, 0.15) is 11.5 Å². The van der Waals surface area contributed by atoms with E-state index in [0.29, 0.717) is 13.2 Å². The average Bonchev–Trinajstić information content (AvgIpc) is 3.32. The van der Waals surface area contributed by atoms with E-state index >= 15 is 0 Å². The van der Waals surface area contributed by atoms with Gasteiger partial charge in [0, 0.05) is 23.9 Å². The number of hydrogen-bond acceptors (Lipinski definition) is 5. The molecule has 5 rings (SSSR count). The van der Waals surface area contributed by atoms with Crippen LogP contribution in [0.2, 0.25) is 0 Å². The first kappa shape index (κ1) is 21.2. The highest BCUT2D eigenvalue weighted by Gasteiger charge is 2.26. The molecule has 1 aromatic heterocycles. The van der Waals surface area contributed by atoms with E-state index in [-0.39, 0.29) is 12.5 Å². The number of nitrogens with zero attached hydrogens (tertiary/aromatic N) is 2. The van der Waals surface area contributed by atoms with Crippen molar-refractivity contribution in [1.82, 2.24) is 4.98 Å². The van der Waals surface area contributed by atoms with Gasteiger partial charge in [-0.1, -0.05) is 48.5 Å². The molecule has 0 saturated carbocycles. The number of aromatic nitrogens is 1. The molecule has 33 heavy (non-hydrogen) atoms. The predicted octanol–water partition coefficient (Wildman–Crippen LogP) is 5.60. The third-order valence-corrected chi connectivity index (χ3v) is 6.33. The number of carbonyl (C=O) groups excluding carboxylic acids is 1. The molecule has 0 fully saturated rings. The van der Waals surface area contributed by atoms with Crippen molar-refractivity contribution in [2.24, 2.45) is 0 Å². The molecule has 1 aliphatic heterocycles. The van der Waals surface area contributed by atoms with E-state index in [4.69, 9.17) is 14.5 Å². The van der Waals surface area contributed by atoms with E-state index in [1.165, 1.54) is 5.56 Å². The largest absolute Gasteiger partial charge is 0.494 e. The lowest BCUT2D eigenvalue weighted by Crippen LogP contribution is -2.39. The fraction of sp³-hybridized carbons (Fsp3) is 0.185. The van der Waals surface area contributed by atoms with Crippen LogP contribution in [0.5, 0.6) is 11.5 Å². The first-order valence-corrected chi connectivity index (χ1v) is 11.9. The van der Waals surface area contributed by atoms with Crippen molar-refractivity contribution in [3.8, 4) is 22.8 Å². The Morgan fingerprint density at radius 1 is 1.00 bits per heavy atom. The highest BCUT2D eigenvalue weighted by Crippen LogP contribution is 2.36. The highest BCUT2D eigenvalue weighted by molar-refractivity contribution is 7.10. The van der Waals surface area contributed by atoms with E-state index < -0.39 is 0 Å². The second kappa shape index (κ2) is 9.88. The Kier molecular flexibility index (Phi) is 6.35. The van der Waals surface area contributed by atoms with E-state index in [0.717, 1.165) is 46.3 Å². The van der Waals surface area contributed by atoms with Crippen molar-refractivity contribution in [1.29, 1.82) is 0 Å². The number of rotatable bonds is 8. The molecule has 0 aliphatic carbocycles. The minimum Gasteiger partial charge on any atom is -0.494 e. The molecule has 0 unspecified atom stereocenters. The van der Waals surface area contributed by atoms with Crippen LogP contribution >= 0.6 is 11.3 Å². The van der Waals surface area contributed by atoms with Crippen molar-refractivity contribution in [2.45, 2.75) is 12.8 Å². The van der Waals surface area contributed by atoms with Gasteiger partial charge in [-0.15, -0.1) is 11.3 Å². The van der Waals surface area contributed by atoms with E-state index in [2.05, 4.69) is 17.5 Å². The number of ether oxygens (including phenoxy) is 2. The Hall–Kier alpha value is -3.64. The number of benzene rings is 3. The summed E-state index contributed by atoms with van der Waals surface area (Å²) in [5.41, 5.74) is 3.93. The van der Waals surface area contributed by atoms with Gasteiger partial charge < -0.3 is 14.4 Å². The van der Waals surface area contributed by atoms with Crippen molar-refractivity contribution in [2.75, 3.05) is 24.7 Å². The molecule has 3 aromatic carbocycles. The van der Waals surface area contributed by atoms with Crippen molar-refractivity contribution >= 4 is 22.9 Å². The van der Waals surface area contributed by atoms with Crippen LogP contribution in [-0.4, -0.2) is 30.6 Å². The summed E-state index contributed by atoms with van der Waals surface area (Å²) in [6.45, 7) is 1.17. The number of hydrogen-bond donors (Lipinski definition) is 0. The molecule has 1 aliphatic rings. The third-order valence-electron chi connectivity index (χ3n) is 5.49. The third kappa shape index (κ3) is 5.07. The zero-order chi connectivity index (χ0) is 22.5. The van der Waals surface area contributed by atoms with E-state index in [1.54, 1.807) is 16.2 Å². The average molecular weight is 457 g/mol. The number of carbonyl (C=O) groups is 1. The SMILES string of the molecule is O=C1COc2ccc(-c3csc(Cc4ccccc4)n3)cc2N1CCCOc1ccccc1. The fourth-order valence-corrected chi connectivity index (χ4v) is 4.67. The Morgan fingerprint density at radius 2 is 1.79 bits per heavy atom. The van der Waals surface area contributed by atoms with E-state index in [9.17, 15) is 4.79 Å². The molecule has 0 saturated heterocycles. The maximum absolute atomic E-state index is 12.6. The lowest BCUT2D eigenvalue weighted by atomic mass is 10.1. The van der Waals surface area contributed by atoms with Crippen LogP contribution in [0.4, 0.5) is 5.69 Å². The molecular formula is C27H24N2O3S. The number of anilines is 1. The molecule has 6 heteroatoms. The van der Waals surface area contributed by atoms with Gasteiger partial charge in [0.2, 0.25) is 0 Å². The van der Waals surface area contributed by atoms with Gasteiger partial charge >= 0.3 is 0 Å². The zero-order valence-corrected chi connectivity index (χ0v) is 19.0. The van der Waals surface area contributed by atoms with Crippen molar-refractivity contribution in [3.63, 3.8) is 0 Å². The number of fused-ring (bicyclic) bond motifs is 1. The summed E-state index contributed by atoms with van der Waals surface area (Å²) >= 11 is 1.65. The molecule has 0 radical (unpaired) electrons. The van der Waals surface area contributed by atoms with Gasteiger partial charge in [-0.05, 0) is 42.3 Å². The summed E-state index contributed by atoms with van der Waals surface area (Å²) in [4.78, 5) is 19.3. The molecule has 0 bridgehead atoms. The number of thiazole rings is 1. The Morgan fingerprint density at radius 3 is 2.61 bits per heavy atom. The van der Waals surface area contributed by atoms with Crippen LogP contribution in [-0.2, 0) is 11.2 Å².